The molecule has 5 N–H and O–H groups in total. The van der Waals surface area contributed by atoms with Gasteiger partial charge in [0.25, 0.3) is 0 Å². The van der Waals surface area contributed by atoms with E-state index in [9.17, 15) is 8.78 Å². The van der Waals surface area contributed by atoms with Gasteiger partial charge >= 0.3 is 0 Å². The number of anilines is 1. The van der Waals surface area contributed by atoms with Crippen molar-refractivity contribution in [1.82, 2.24) is 9.76 Å². The SMILES string of the molecule is CP(CO)N(N)/C=C(/N)CCOc1c(-c2csc(N3CCOCC3)n2)ccc(F)c1F. The Balaban J connectivity index is 1.73. The summed E-state index contributed by atoms with van der Waals surface area (Å²) in [7, 11) is -0.938. The third-order valence-corrected chi connectivity index (χ3v) is 6.85. The monoisotopic (exact) mass is 473 g/mol. The average Bonchev–Trinajstić information content (AvgIpc) is 3.26. The Labute approximate surface area is 184 Å². The molecule has 1 atom stereocenters. The second kappa shape index (κ2) is 11.0. The summed E-state index contributed by atoms with van der Waals surface area (Å²) in [6.45, 7) is 4.53. The van der Waals surface area contributed by atoms with Crippen LogP contribution >= 0.6 is 19.4 Å². The smallest absolute Gasteiger partial charge is 0.201 e. The highest BCUT2D eigenvalue weighted by Crippen LogP contribution is 2.36. The Morgan fingerprint density at radius 2 is 2.16 bits per heavy atom. The summed E-state index contributed by atoms with van der Waals surface area (Å²) in [6, 6.07) is 2.52. The van der Waals surface area contributed by atoms with Crippen LogP contribution in [0.2, 0.25) is 0 Å². The zero-order chi connectivity index (χ0) is 22.4. The molecule has 0 bridgehead atoms. The van der Waals surface area contributed by atoms with Crippen molar-refractivity contribution >= 4 is 24.5 Å². The van der Waals surface area contributed by atoms with Crippen molar-refractivity contribution in [2.75, 3.05) is 50.8 Å². The van der Waals surface area contributed by atoms with Gasteiger partial charge in [0, 0.05) is 50.4 Å². The molecule has 2 heterocycles. The fourth-order valence-corrected chi connectivity index (χ4v) is 4.21. The van der Waals surface area contributed by atoms with E-state index in [1.807, 2.05) is 0 Å². The molecule has 1 fully saturated rings. The van der Waals surface area contributed by atoms with Gasteiger partial charge in [-0.2, -0.15) is 4.39 Å². The molecule has 12 heteroatoms. The van der Waals surface area contributed by atoms with Crippen molar-refractivity contribution in [2.24, 2.45) is 11.6 Å². The number of ether oxygens (including phenoxy) is 2. The van der Waals surface area contributed by atoms with E-state index in [0.29, 0.717) is 30.2 Å². The number of nitrogens with two attached hydrogens (primary N) is 2. The molecule has 2 aromatic rings. The third kappa shape index (κ3) is 6.02. The molecular weight excluding hydrogens is 447 g/mol. The van der Waals surface area contributed by atoms with E-state index in [1.165, 1.54) is 28.4 Å². The summed E-state index contributed by atoms with van der Waals surface area (Å²) in [6.07, 6.45) is 1.68. The minimum atomic E-state index is -1.07. The standard InChI is InChI=1S/C19H26F2N5O3PS/c1-30(12-27)26(23)10-13(22)4-7-29-18-14(2-3-15(20)17(18)21)16-11-31-19(24-16)25-5-8-28-9-6-25/h2-3,10-11,27H,4-9,12,22-23H2,1H3/b13-10+. The molecule has 1 unspecified atom stereocenters. The maximum Gasteiger partial charge on any atom is 0.201 e. The van der Waals surface area contributed by atoms with Gasteiger partial charge in [0.05, 0.1) is 31.9 Å². The molecule has 1 aromatic carbocycles. The Bertz CT molecular complexity index is 911. The minimum Gasteiger partial charge on any atom is -0.489 e. The summed E-state index contributed by atoms with van der Waals surface area (Å²) in [4.78, 5) is 6.68. The van der Waals surface area contributed by atoms with Crippen molar-refractivity contribution in [3.63, 3.8) is 0 Å². The second-order valence-electron chi connectivity index (χ2n) is 6.83. The third-order valence-electron chi connectivity index (χ3n) is 4.63. The fraction of sp³-hybridized carbons (Fsp3) is 0.421. The van der Waals surface area contributed by atoms with Gasteiger partial charge in [0.15, 0.2) is 16.7 Å². The summed E-state index contributed by atoms with van der Waals surface area (Å²) in [5, 5.41) is 11.7. The van der Waals surface area contributed by atoms with Crippen LogP contribution in [0.5, 0.6) is 5.75 Å². The number of hydrogen-bond acceptors (Lipinski definition) is 9. The first-order valence-corrected chi connectivity index (χ1v) is 12.4. The van der Waals surface area contributed by atoms with Crippen molar-refractivity contribution in [2.45, 2.75) is 6.42 Å². The fourth-order valence-electron chi connectivity index (χ4n) is 2.84. The van der Waals surface area contributed by atoms with Crippen LogP contribution in [0.4, 0.5) is 13.9 Å². The predicted octanol–water partition coefficient (Wildman–Crippen LogP) is 2.65. The lowest BCUT2D eigenvalue weighted by Crippen LogP contribution is -2.36. The van der Waals surface area contributed by atoms with E-state index in [4.69, 9.17) is 26.2 Å². The van der Waals surface area contributed by atoms with E-state index < -0.39 is 19.7 Å². The van der Waals surface area contributed by atoms with E-state index in [1.54, 1.807) is 12.0 Å². The molecule has 1 aliphatic rings. The number of aliphatic hydroxyl groups excluding tert-OH is 1. The highest BCUT2D eigenvalue weighted by Gasteiger charge is 2.21. The molecule has 0 aliphatic carbocycles. The van der Waals surface area contributed by atoms with Crippen LogP contribution < -0.4 is 21.2 Å². The Kier molecular flexibility index (Phi) is 8.39. The number of rotatable bonds is 9. The summed E-state index contributed by atoms with van der Waals surface area (Å²) in [5.41, 5.74) is 7.20. The second-order valence-corrected chi connectivity index (χ2v) is 9.73. The van der Waals surface area contributed by atoms with Crippen LogP contribution in [0.1, 0.15) is 6.42 Å². The lowest BCUT2D eigenvalue weighted by Gasteiger charge is -2.26. The van der Waals surface area contributed by atoms with Crippen molar-refractivity contribution in [3.8, 4) is 17.0 Å². The molecule has 170 valence electrons. The Hall–Kier alpha value is -2.04. The van der Waals surface area contributed by atoms with Gasteiger partial charge in [0.2, 0.25) is 5.82 Å². The van der Waals surface area contributed by atoms with Crippen LogP contribution in [0.15, 0.2) is 29.4 Å². The largest absolute Gasteiger partial charge is 0.489 e. The molecule has 0 amide bonds. The first-order chi connectivity index (χ1) is 14.9. The van der Waals surface area contributed by atoms with Crippen molar-refractivity contribution in [3.05, 3.63) is 41.0 Å². The van der Waals surface area contributed by atoms with E-state index in [0.717, 1.165) is 24.3 Å². The maximum absolute atomic E-state index is 14.5. The quantitative estimate of drug-likeness (QED) is 0.290. The van der Waals surface area contributed by atoms with Gasteiger partial charge in [-0.05, 0) is 18.8 Å². The normalized spacial score (nSPS) is 15.8. The molecule has 31 heavy (non-hydrogen) atoms. The van der Waals surface area contributed by atoms with Crippen LogP contribution in [-0.2, 0) is 4.74 Å². The van der Waals surface area contributed by atoms with E-state index in [2.05, 4.69) is 9.88 Å². The minimum absolute atomic E-state index is 0.0186. The van der Waals surface area contributed by atoms with Gasteiger partial charge in [-0.25, -0.2) is 15.2 Å². The van der Waals surface area contributed by atoms with Crippen LogP contribution in [-0.4, -0.2) is 60.8 Å². The van der Waals surface area contributed by atoms with Gasteiger partial charge in [-0.15, -0.1) is 11.3 Å². The number of aromatic nitrogens is 1. The lowest BCUT2D eigenvalue weighted by atomic mass is 10.1. The topological polar surface area (TPSA) is 110 Å². The zero-order valence-corrected chi connectivity index (χ0v) is 18.8. The highest BCUT2D eigenvalue weighted by molar-refractivity contribution is 7.54. The number of benzene rings is 1. The number of thiazole rings is 1. The molecular formula is C19H26F2N5O3PS. The zero-order valence-electron chi connectivity index (χ0n) is 17.1. The molecule has 3 rings (SSSR count). The summed E-state index contributed by atoms with van der Waals surface area (Å²) in [5.74, 6) is 3.52. The number of nitrogens with zero attached hydrogens (tertiary/aromatic N) is 3. The van der Waals surface area contributed by atoms with Gasteiger partial charge < -0.3 is 25.2 Å². The first-order valence-electron chi connectivity index (χ1n) is 9.62. The number of hydrazine groups is 1. The average molecular weight is 473 g/mol. The Morgan fingerprint density at radius 3 is 2.87 bits per heavy atom. The molecule has 0 saturated carbocycles. The van der Waals surface area contributed by atoms with Crippen molar-refractivity contribution in [1.29, 1.82) is 0 Å². The van der Waals surface area contributed by atoms with Crippen LogP contribution in [0.3, 0.4) is 0 Å². The number of hydrogen-bond donors (Lipinski definition) is 3. The predicted molar refractivity (Wildman–Crippen MR) is 119 cm³/mol. The van der Waals surface area contributed by atoms with Crippen LogP contribution in [0.25, 0.3) is 11.3 Å². The van der Waals surface area contributed by atoms with E-state index >= 15 is 0 Å². The molecule has 0 radical (unpaired) electrons. The van der Waals surface area contributed by atoms with Crippen molar-refractivity contribution < 1.29 is 23.4 Å². The molecule has 1 aromatic heterocycles. The molecule has 0 spiro atoms. The maximum atomic E-state index is 14.5. The first kappa shape index (κ1) is 23.6. The van der Waals surface area contributed by atoms with Gasteiger partial charge in [-0.3, -0.25) is 4.78 Å². The molecule has 8 nitrogen and oxygen atoms in total. The van der Waals surface area contributed by atoms with Crippen LogP contribution in [0, 0.1) is 11.6 Å². The Morgan fingerprint density at radius 1 is 1.42 bits per heavy atom. The van der Waals surface area contributed by atoms with Gasteiger partial charge in [0.1, 0.15) is 0 Å². The number of aliphatic hydroxyl groups is 1. The van der Waals surface area contributed by atoms with Gasteiger partial charge in [-0.1, -0.05) is 0 Å². The molecule has 1 saturated heterocycles. The summed E-state index contributed by atoms with van der Waals surface area (Å²) >= 11 is 1.43. The van der Waals surface area contributed by atoms with E-state index in [-0.39, 0.29) is 25.1 Å². The molecule has 1 aliphatic heterocycles. The number of halogens is 2. The summed E-state index contributed by atoms with van der Waals surface area (Å²) < 4.78 is 40.7. The number of morpholine rings is 1. The lowest BCUT2D eigenvalue weighted by molar-refractivity contribution is 0.122. The highest BCUT2D eigenvalue weighted by atomic mass is 32.1.